The van der Waals surface area contributed by atoms with Crippen molar-refractivity contribution in [1.82, 2.24) is 0 Å². The molecule has 2 amide bonds. The van der Waals surface area contributed by atoms with Gasteiger partial charge in [-0.15, -0.1) is 0 Å². The Morgan fingerprint density at radius 3 is 2.69 bits per heavy atom. The molecule has 89 valence electrons. The van der Waals surface area contributed by atoms with E-state index in [1.54, 1.807) is 0 Å². The molecule has 0 aliphatic carbocycles. The smallest absolute Gasteiger partial charge is 0.316 e. The Morgan fingerprint density at radius 1 is 1.56 bits per heavy atom. The Balaban J connectivity index is 2.39. The maximum atomic E-state index is 12.5. The molecule has 6 heteroatoms. The second kappa shape index (κ2) is 4.69. The van der Waals surface area contributed by atoms with E-state index in [1.807, 2.05) is 0 Å². The zero-order valence-corrected chi connectivity index (χ0v) is 9.12. The fourth-order valence-corrected chi connectivity index (χ4v) is 1.47. The molecule has 0 spiro atoms. The van der Waals surface area contributed by atoms with Crippen molar-refractivity contribution in [2.45, 2.75) is 32.1 Å². The average Bonchev–Trinajstić information content (AvgIpc) is 2.60. The molecule has 0 aromatic heterocycles. The minimum absolute atomic E-state index is 0.192. The van der Waals surface area contributed by atoms with Gasteiger partial charge < -0.3 is 5.73 Å². The molecular weight excluding hydrogens is 216 g/mol. The molecule has 4 nitrogen and oxygen atoms in total. The zero-order chi connectivity index (χ0) is 12.2. The first-order valence-corrected chi connectivity index (χ1v) is 5.07. The molecule has 1 unspecified atom stereocenters. The molecule has 0 bridgehead atoms. The van der Waals surface area contributed by atoms with Crippen molar-refractivity contribution in [2.24, 2.45) is 10.8 Å². The van der Waals surface area contributed by atoms with Gasteiger partial charge in [-0.2, -0.15) is 0 Å². The molecule has 1 aliphatic heterocycles. The summed E-state index contributed by atoms with van der Waals surface area (Å²) in [4.78, 5) is 11.2. The minimum atomic E-state index is -2.66. The van der Waals surface area contributed by atoms with Gasteiger partial charge in [0.1, 0.15) is 12.7 Å². The van der Waals surface area contributed by atoms with Gasteiger partial charge in [0.25, 0.3) is 0 Å². The molecule has 0 aromatic carbocycles. The summed E-state index contributed by atoms with van der Waals surface area (Å²) in [5.74, 6) is -2.66. The standard InChI is InChI=1S/C10H14F2N3O/c1-10(11,12)5-2-3-7-15(9(13)16)8-4-6-14-15/h4,8H,2-3,5,7H2,1H3,(H-,13,16)/p+1. The Bertz CT molecular complexity index is 309. The number of halogens is 2. The Labute approximate surface area is 93.0 Å². The van der Waals surface area contributed by atoms with Crippen molar-refractivity contribution < 1.29 is 18.2 Å². The van der Waals surface area contributed by atoms with E-state index in [9.17, 15) is 13.6 Å². The second-order valence-corrected chi connectivity index (χ2v) is 3.96. The number of hydrogen-bond donors (Lipinski definition) is 1. The van der Waals surface area contributed by atoms with Crippen LogP contribution in [0.25, 0.3) is 0 Å². The summed E-state index contributed by atoms with van der Waals surface area (Å²) in [5.41, 5.74) is 5.20. The van der Waals surface area contributed by atoms with Crippen molar-refractivity contribution >= 4 is 12.2 Å². The number of hydrogen-bond acceptors (Lipinski definition) is 2. The largest absolute Gasteiger partial charge is 0.445 e. The summed E-state index contributed by atoms with van der Waals surface area (Å²) in [6.45, 7) is 1.18. The molecule has 1 aliphatic rings. The number of carbonyl (C=O) groups is 1. The van der Waals surface area contributed by atoms with Gasteiger partial charge in [0.2, 0.25) is 5.92 Å². The minimum Gasteiger partial charge on any atom is -0.316 e. The van der Waals surface area contributed by atoms with E-state index in [0.29, 0.717) is 19.4 Å². The van der Waals surface area contributed by atoms with Gasteiger partial charge in [-0.3, -0.25) is 0 Å². The lowest BCUT2D eigenvalue weighted by Crippen LogP contribution is -2.46. The number of unbranched alkanes of at least 4 members (excludes halogenated alkanes) is 1. The Hall–Kier alpha value is -1.30. The van der Waals surface area contributed by atoms with E-state index >= 15 is 0 Å². The normalized spacial score (nSPS) is 23.9. The highest BCUT2D eigenvalue weighted by Gasteiger charge is 2.34. The number of allylic oxidation sites excluding steroid dienone is 1. The fraction of sp³-hybridized carbons (Fsp3) is 0.600. The first-order valence-electron chi connectivity index (χ1n) is 5.07. The van der Waals surface area contributed by atoms with Crippen LogP contribution in [0.5, 0.6) is 0 Å². The number of primary amides is 1. The molecule has 1 atom stereocenters. The first-order chi connectivity index (χ1) is 7.36. The summed E-state index contributed by atoms with van der Waals surface area (Å²) in [6, 6.07) is -0.621. The fourth-order valence-electron chi connectivity index (χ4n) is 1.47. The van der Waals surface area contributed by atoms with Crippen LogP contribution < -0.4 is 5.73 Å². The highest BCUT2D eigenvalue weighted by atomic mass is 19.3. The summed E-state index contributed by atoms with van der Waals surface area (Å²) >= 11 is 0. The predicted molar refractivity (Wildman–Crippen MR) is 55.8 cm³/mol. The molecule has 0 saturated carbocycles. The van der Waals surface area contributed by atoms with Crippen molar-refractivity contribution in [1.29, 1.82) is 0 Å². The van der Waals surface area contributed by atoms with Crippen molar-refractivity contribution in [3.63, 3.8) is 0 Å². The topological polar surface area (TPSA) is 55.5 Å². The van der Waals surface area contributed by atoms with Gasteiger partial charge in [0, 0.05) is 18.9 Å². The third kappa shape index (κ3) is 3.37. The lowest BCUT2D eigenvalue weighted by atomic mass is 10.1. The van der Waals surface area contributed by atoms with E-state index in [-0.39, 0.29) is 11.0 Å². The van der Waals surface area contributed by atoms with Gasteiger partial charge in [-0.05, 0) is 13.3 Å². The third-order valence-corrected chi connectivity index (χ3v) is 2.38. The number of amides is 2. The van der Waals surface area contributed by atoms with Gasteiger partial charge in [0.15, 0.2) is 6.21 Å². The highest BCUT2D eigenvalue weighted by molar-refractivity contribution is 5.75. The molecule has 1 radical (unpaired) electrons. The average molecular weight is 231 g/mol. The molecule has 1 rings (SSSR count). The van der Waals surface area contributed by atoms with Crippen LogP contribution in [0.3, 0.4) is 0 Å². The van der Waals surface area contributed by atoms with Gasteiger partial charge in [0.05, 0.1) is 0 Å². The number of rotatable bonds is 5. The van der Waals surface area contributed by atoms with Crippen LogP contribution in [0.1, 0.15) is 26.2 Å². The Morgan fingerprint density at radius 2 is 2.25 bits per heavy atom. The molecule has 0 fully saturated rings. The lowest BCUT2D eigenvalue weighted by molar-refractivity contribution is -0.801. The zero-order valence-electron chi connectivity index (χ0n) is 9.12. The van der Waals surface area contributed by atoms with E-state index in [1.165, 1.54) is 12.3 Å². The number of nitrogens with zero attached hydrogens (tertiary/aromatic N) is 2. The quantitative estimate of drug-likeness (QED) is 0.571. The first kappa shape index (κ1) is 12.8. The van der Waals surface area contributed by atoms with Crippen molar-refractivity contribution in [3.8, 4) is 0 Å². The van der Waals surface area contributed by atoms with Crippen LogP contribution in [0.4, 0.5) is 13.6 Å². The third-order valence-electron chi connectivity index (χ3n) is 2.38. The second-order valence-electron chi connectivity index (χ2n) is 3.96. The van der Waals surface area contributed by atoms with Crippen molar-refractivity contribution in [3.05, 3.63) is 12.3 Å². The Kier molecular flexibility index (Phi) is 3.74. The van der Waals surface area contributed by atoms with E-state index in [4.69, 9.17) is 5.73 Å². The van der Waals surface area contributed by atoms with Crippen LogP contribution in [0.15, 0.2) is 17.4 Å². The van der Waals surface area contributed by atoms with Gasteiger partial charge in [-0.25, -0.2) is 13.6 Å². The maximum Gasteiger partial charge on any atom is 0.445 e. The van der Waals surface area contributed by atoms with E-state index in [0.717, 1.165) is 6.92 Å². The molecule has 2 N–H and O–H groups in total. The van der Waals surface area contributed by atoms with Crippen LogP contribution in [-0.2, 0) is 0 Å². The van der Waals surface area contributed by atoms with E-state index in [2.05, 4.69) is 11.3 Å². The van der Waals surface area contributed by atoms with Gasteiger partial charge >= 0.3 is 6.03 Å². The molecular formula is C10H15F2N3O+. The summed E-state index contributed by atoms with van der Waals surface area (Å²) < 4.78 is 24.7. The number of nitrogens with two attached hydrogens (primary N) is 1. The van der Waals surface area contributed by atoms with Crippen LogP contribution in [0, 0.1) is 0 Å². The number of quaternary nitrogens is 1. The lowest BCUT2D eigenvalue weighted by Gasteiger charge is -2.20. The summed E-state index contributed by atoms with van der Waals surface area (Å²) in [6.07, 6.45) is 6.13. The number of urea groups is 1. The number of alkyl halides is 2. The van der Waals surface area contributed by atoms with Crippen LogP contribution in [0.2, 0.25) is 0 Å². The van der Waals surface area contributed by atoms with Crippen LogP contribution >= 0.6 is 0 Å². The molecule has 16 heavy (non-hydrogen) atoms. The molecule has 0 aromatic rings. The van der Waals surface area contributed by atoms with Gasteiger partial charge in [-0.1, -0.05) is 9.69 Å². The maximum absolute atomic E-state index is 12.5. The van der Waals surface area contributed by atoms with E-state index < -0.39 is 12.0 Å². The summed E-state index contributed by atoms with van der Waals surface area (Å²) in [5, 5.41) is 3.82. The monoisotopic (exact) mass is 231 g/mol. The predicted octanol–water partition coefficient (Wildman–Crippen LogP) is 2.10. The molecule has 1 heterocycles. The highest BCUT2D eigenvalue weighted by Crippen LogP contribution is 2.22. The molecule has 0 saturated heterocycles. The number of carbonyl (C=O) groups excluding carboxylic acids is 1. The van der Waals surface area contributed by atoms with Crippen LogP contribution in [-0.4, -0.2) is 29.3 Å². The summed E-state index contributed by atoms with van der Waals surface area (Å²) in [7, 11) is 0. The van der Waals surface area contributed by atoms with Crippen molar-refractivity contribution in [2.75, 3.05) is 6.54 Å². The SMILES string of the molecule is CC(F)(F)CCCC[N+]1(C(N)=O)C=C[C]=N1.